The largest absolute Gasteiger partial charge is 0.515 e. The van der Waals surface area contributed by atoms with E-state index in [1.807, 2.05) is 19.6 Å². The van der Waals surface area contributed by atoms with Crippen LogP contribution in [0.25, 0.3) is 0 Å². The average molecular weight is 231 g/mol. The summed E-state index contributed by atoms with van der Waals surface area (Å²) in [6.07, 6.45) is 2.56. The fraction of sp³-hybridized carbons (Fsp3) is 0.800. The van der Waals surface area contributed by atoms with Crippen LogP contribution in [-0.4, -0.2) is 27.1 Å². The Labute approximate surface area is 92.8 Å². The molecule has 5 heteroatoms. The minimum absolute atomic E-state index is 0.329. The van der Waals surface area contributed by atoms with Gasteiger partial charge >= 0.3 is 5.97 Å². The van der Waals surface area contributed by atoms with Crippen molar-refractivity contribution in [3.63, 3.8) is 0 Å². The first-order valence-electron chi connectivity index (χ1n) is 5.24. The molecule has 0 unspecified atom stereocenters. The van der Waals surface area contributed by atoms with Gasteiger partial charge in [-0.1, -0.05) is 18.5 Å². The van der Waals surface area contributed by atoms with Gasteiger partial charge in [-0.2, -0.15) is 0 Å². The second-order valence-corrected chi connectivity index (χ2v) is 8.75. The topological polar surface area (TPSA) is 47.9 Å². The molecule has 0 atom stereocenters. The van der Waals surface area contributed by atoms with Gasteiger partial charge in [0.2, 0.25) is 8.32 Å². The second kappa shape index (κ2) is 6.61. The summed E-state index contributed by atoms with van der Waals surface area (Å²) in [5.74, 6) is -0.329. The Kier molecular flexibility index (Phi) is 6.23. The molecule has 0 saturated heterocycles. The molecule has 0 aliphatic heterocycles. The zero-order valence-corrected chi connectivity index (χ0v) is 11.3. The van der Waals surface area contributed by atoms with Crippen molar-refractivity contribution in [1.29, 1.82) is 0 Å². The Bertz CT molecular complexity index is 233. The van der Waals surface area contributed by atoms with Gasteiger partial charge in [-0.05, 0) is 26.1 Å². The maximum absolute atomic E-state index is 11.7. The molecule has 0 aromatic carbocycles. The van der Waals surface area contributed by atoms with Gasteiger partial charge in [0.1, 0.15) is 7.11 Å². The predicted molar refractivity (Wildman–Crippen MR) is 63.4 cm³/mol. The van der Waals surface area contributed by atoms with Crippen LogP contribution in [0.4, 0.5) is 0 Å². The summed E-state index contributed by atoms with van der Waals surface area (Å²) in [5, 5.41) is 3.71. The number of oxime groups is 1. The van der Waals surface area contributed by atoms with Crippen LogP contribution in [0.2, 0.25) is 19.6 Å². The first-order chi connectivity index (χ1) is 6.90. The Balaban J connectivity index is 4.37. The van der Waals surface area contributed by atoms with E-state index in [2.05, 4.69) is 16.9 Å². The molecule has 0 radical (unpaired) electrons. The summed E-state index contributed by atoms with van der Waals surface area (Å²) in [6.45, 7) is 7.97. The zero-order valence-electron chi connectivity index (χ0n) is 10.3. The molecule has 0 heterocycles. The SMILES string of the molecule is CCCC/C(=N/OC)C(=O)O[Si](C)(C)C. The fourth-order valence-electron chi connectivity index (χ4n) is 0.976. The van der Waals surface area contributed by atoms with Gasteiger partial charge in [0.15, 0.2) is 5.71 Å². The van der Waals surface area contributed by atoms with E-state index in [0.29, 0.717) is 12.1 Å². The molecule has 0 amide bonds. The normalized spacial score (nSPS) is 12.5. The standard InChI is InChI=1S/C10H21NO3Si/c1-6-7-8-9(11-13-2)10(12)14-15(3,4)5/h6-8H2,1-5H3/b11-9-. The van der Waals surface area contributed by atoms with Crippen molar-refractivity contribution in [2.75, 3.05) is 7.11 Å². The number of hydrogen-bond acceptors (Lipinski definition) is 4. The zero-order chi connectivity index (χ0) is 11.9. The van der Waals surface area contributed by atoms with Gasteiger partial charge in [-0.3, -0.25) is 0 Å². The van der Waals surface area contributed by atoms with Crippen LogP contribution in [0.3, 0.4) is 0 Å². The monoisotopic (exact) mass is 231 g/mol. The van der Waals surface area contributed by atoms with Gasteiger partial charge in [-0.25, -0.2) is 4.79 Å². The number of carbonyl (C=O) groups is 1. The third-order valence-corrected chi connectivity index (χ3v) is 2.40. The maximum atomic E-state index is 11.7. The molecule has 15 heavy (non-hydrogen) atoms. The van der Waals surface area contributed by atoms with Crippen molar-refractivity contribution in [1.82, 2.24) is 0 Å². The van der Waals surface area contributed by atoms with Crippen molar-refractivity contribution < 1.29 is 14.1 Å². The van der Waals surface area contributed by atoms with Crippen LogP contribution in [0.1, 0.15) is 26.2 Å². The lowest BCUT2D eigenvalue weighted by atomic mass is 10.2. The molecule has 4 nitrogen and oxygen atoms in total. The van der Waals surface area contributed by atoms with Crippen LogP contribution < -0.4 is 0 Å². The van der Waals surface area contributed by atoms with E-state index in [4.69, 9.17) is 4.43 Å². The Hall–Kier alpha value is -0.843. The van der Waals surface area contributed by atoms with Gasteiger partial charge in [-0.15, -0.1) is 0 Å². The summed E-state index contributed by atoms with van der Waals surface area (Å²) in [5.41, 5.74) is 0.391. The number of unbranched alkanes of at least 4 members (excludes halogenated alkanes) is 1. The van der Waals surface area contributed by atoms with E-state index in [1.165, 1.54) is 7.11 Å². The molecule has 0 fully saturated rings. The highest BCUT2D eigenvalue weighted by molar-refractivity contribution is 6.72. The molecule has 0 saturated carbocycles. The summed E-state index contributed by atoms with van der Waals surface area (Å²) in [4.78, 5) is 16.3. The van der Waals surface area contributed by atoms with E-state index >= 15 is 0 Å². The quantitative estimate of drug-likeness (QED) is 0.401. The van der Waals surface area contributed by atoms with Gasteiger partial charge in [0.25, 0.3) is 0 Å². The van der Waals surface area contributed by atoms with E-state index in [0.717, 1.165) is 12.8 Å². The lowest BCUT2D eigenvalue weighted by Crippen LogP contribution is -2.33. The van der Waals surface area contributed by atoms with Crippen LogP contribution in [0.15, 0.2) is 5.16 Å². The van der Waals surface area contributed by atoms with E-state index in [1.54, 1.807) is 0 Å². The van der Waals surface area contributed by atoms with Crippen molar-refractivity contribution >= 4 is 20.0 Å². The van der Waals surface area contributed by atoms with Gasteiger partial charge < -0.3 is 9.26 Å². The highest BCUT2D eigenvalue weighted by Crippen LogP contribution is 2.07. The van der Waals surface area contributed by atoms with Crippen molar-refractivity contribution in [3.8, 4) is 0 Å². The first-order valence-corrected chi connectivity index (χ1v) is 8.65. The summed E-state index contributed by atoms with van der Waals surface area (Å²) in [7, 11) is -0.399. The van der Waals surface area contributed by atoms with Crippen molar-refractivity contribution in [2.24, 2.45) is 5.16 Å². The predicted octanol–water partition coefficient (Wildman–Crippen LogP) is 2.56. The molecule has 88 valence electrons. The van der Waals surface area contributed by atoms with Crippen molar-refractivity contribution in [2.45, 2.75) is 45.8 Å². The molecule has 0 aliphatic rings. The molecule has 0 bridgehead atoms. The van der Waals surface area contributed by atoms with Gasteiger partial charge in [0.05, 0.1) is 0 Å². The van der Waals surface area contributed by atoms with Crippen LogP contribution in [-0.2, 0) is 14.1 Å². The smallest absolute Gasteiger partial charge is 0.342 e. The third-order valence-electron chi connectivity index (χ3n) is 1.60. The fourth-order valence-corrected chi connectivity index (χ4v) is 1.65. The summed E-state index contributed by atoms with van der Waals surface area (Å²) in [6, 6.07) is 0. The van der Waals surface area contributed by atoms with Crippen LogP contribution in [0.5, 0.6) is 0 Å². The van der Waals surface area contributed by atoms with Crippen LogP contribution >= 0.6 is 0 Å². The third kappa shape index (κ3) is 7.13. The minimum atomic E-state index is -1.84. The van der Waals surface area contributed by atoms with Crippen molar-refractivity contribution in [3.05, 3.63) is 0 Å². The molecule has 0 N–H and O–H groups in total. The van der Waals surface area contributed by atoms with Crippen LogP contribution in [0, 0.1) is 0 Å². The minimum Gasteiger partial charge on any atom is -0.515 e. The highest BCUT2D eigenvalue weighted by atomic mass is 28.4. The number of rotatable bonds is 6. The lowest BCUT2D eigenvalue weighted by molar-refractivity contribution is -0.128. The summed E-state index contributed by atoms with van der Waals surface area (Å²) >= 11 is 0. The number of nitrogens with zero attached hydrogens (tertiary/aromatic N) is 1. The molecular weight excluding hydrogens is 210 g/mol. The molecule has 0 aromatic rings. The lowest BCUT2D eigenvalue weighted by Gasteiger charge is -2.17. The number of carbonyl (C=O) groups excluding carboxylic acids is 1. The van der Waals surface area contributed by atoms with E-state index < -0.39 is 8.32 Å². The molecular formula is C10H21NO3Si. The number of hydrogen-bond donors (Lipinski definition) is 0. The van der Waals surface area contributed by atoms with E-state index in [-0.39, 0.29) is 5.97 Å². The molecule has 0 rings (SSSR count). The van der Waals surface area contributed by atoms with E-state index in [9.17, 15) is 4.79 Å². The Morgan fingerprint density at radius 2 is 1.93 bits per heavy atom. The average Bonchev–Trinajstić information content (AvgIpc) is 2.09. The Morgan fingerprint density at radius 3 is 2.33 bits per heavy atom. The van der Waals surface area contributed by atoms with Gasteiger partial charge in [0, 0.05) is 6.42 Å². The maximum Gasteiger partial charge on any atom is 0.342 e. The second-order valence-electron chi connectivity index (χ2n) is 4.33. The molecule has 0 aromatic heterocycles. The Morgan fingerprint density at radius 1 is 1.33 bits per heavy atom. The highest BCUT2D eigenvalue weighted by Gasteiger charge is 2.23. The first kappa shape index (κ1) is 14.2. The molecule has 0 aliphatic carbocycles. The molecule has 0 spiro atoms. The summed E-state index contributed by atoms with van der Waals surface area (Å²) < 4.78 is 5.34.